The molecule has 2 atom stereocenters. The van der Waals surface area contributed by atoms with Crippen molar-refractivity contribution in [1.29, 1.82) is 0 Å². The third kappa shape index (κ3) is 2.84. The van der Waals surface area contributed by atoms with E-state index in [0.29, 0.717) is 11.3 Å². The minimum atomic E-state index is -1.03. The van der Waals surface area contributed by atoms with Gasteiger partial charge in [0.05, 0.1) is 31.4 Å². The van der Waals surface area contributed by atoms with Gasteiger partial charge in [-0.05, 0) is 29.8 Å². The van der Waals surface area contributed by atoms with Gasteiger partial charge in [-0.25, -0.2) is 0 Å². The second kappa shape index (κ2) is 7.05. The number of hydrogen-bond donors (Lipinski definition) is 0. The number of nitrogens with zero attached hydrogens (tertiary/aromatic N) is 2. The Morgan fingerprint density at radius 3 is 2.00 bits per heavy atom. The average Bonchev–Trinajstić information content (AvgIpc) is 3.00. The fourth-order valence-corrected chi connectivity index (χ4v) is 3.79. The molecule has 2 aromatic carbocycles. The predicted molar refractivity (Wildman–Crippen MR) is 100 cm³/mol. The lowest BCUT2D eigenvalue weighted by molar-refractivity contribution is -0.163. The first kappa shape index (κ1) is 18.7. The highest BCUT2D eigenvalue weighted by Crippen LogP contribution is 2.41. The molecular formula is C21H18N2O6. The van der Waals surface area contributed by atoms with Crippen molar-refractivity contribution in [3.63, 3.8) is 0 Å². The summed E-state index contributed by atoms with van der Waals surface area (Å²) in [4.78, 5) is 52.7. The largest absolute Gasteiger partial charge is 0.497 e. The smallest absolute Gasteiger partial charge is 0.325 e. The maximum Gasteiger partial charge on any atom is 0.325 e. The summed E-state index contributed by atoms with van der Waals surface area (Å²) in [5.74, 6) is -1.47. The highest BCUT2D eigenvalue weighted by Gasteiger charge is 2.57. The quantitative estimate of drug-likeness (QED) is 0.433. The third-order valence-electron chi connectivity index (χ3n) is 5.26. The molecule has 0 saturated carbocycles. The lowest BCUT2D eigenvalue weighted by atomic mass is 9.87. The standard InChI is InChI=1S/C21H18N2O6/c1-28-13-9-7-12(8-10-13)17-18(21(27)22(17)11-16(24)29-2)23-19(25)14-5-3-4-6-15(14)20(23)26/h3-10,17-18H,11H2,1-2H3/t17-,18+/m1/s1. The van der Waals surface area contributed by atoms with Gasteiger partial charge in [-0.2, -0.15) is 0 Å². The molecule has 1 fully saturated rings. The van der Waals surface area contributed by atoms with Crippen molar-refractivity contribution in [1.82, 2.24) is 9.80 Å². The van der Waals surface area contributed by atoms with Gasteiger partial charge < -0.3 is 14.4 Å². The van der Waals surface area contributed by atoms with Crippen LogP contribution in [0.1, 0.15) is 32.3 Å². The molecule has 0 unspecified atom stereocenters. The van der Waals surface area contributed by atoms with Gasteiger partial charge in [-0.3, -0.25) is 24.1 Å². The Labute approximate surface area is 166 Å². The first-order valence-electron chi connectivity index (χ1n) is 8.96. The number of carbonyl (C=O) groups excluding carboxylic acids is 4. The molecule has 0 aliphatic carbocycles. The van der Waals surface area contributed by atoms with Gasteiger partial charge in [0.2, 0.25) is 5.91 Å². The minimum absolute atomic E-state index is 0.269. The topological polar surface area (TPSA) is 93.2 Å². The van der Waals surface area contributed by atoms with Crippen LogP contribution in [0.15, 0.2) is 48.5 Å². The van der Waals surface area contributed by atoms with Crippen LogP contribution in [0.3, 0.4) is 0 Å². The first-order chi connectivity index (χ1) is 14.0. The highest BCUT2D eigenvalue weighted by molar-refractivity contribution is 6.23. The van der Waals surface area contributed by atoms with Crippen molar-refractivity contribution < 1.29 is 28.7 Å². The lowest BCUT2D eigenvalue weighted by Gasteiger charge is -2.49. The molecule has 2 aromatic rings. The summed E-state index contributed by atoms with van der Waals surface area (Å²) in [5, 5.41) is 0. The Balaban J connectivity index is 1.71. The van der Waals surface area contributed by atoms with E-state index < -0.39 is 35.8 Å². The Hall–Kier alpha value is -3.68. The molecule has 4 rings (SSSR count). The fraction of sp³-hybridized carbons (Fsp3) is 0.238. The number of benzene rings is 2. The van der Waals surface area contributed by atoms with Crippen molar-refractivity contribution in [2.24, 2.45) is 0 Å². The van der Waals surface area contributed by atoms with Crippen molar-refractivity contribution >= 4 is 23.7 Å². The van der Waals surface area contributed by atoms with Gasteiger partial charge in [0, 0.05) is 0 Å². The highest BCUT2D eigenvalue weighted by atomic mass is 16.5. The molecule has 8 heteroatoms. The van der Waals surface area contributed by atoms with Crippen LogP contribution >= 0.6 is 0 Å². The maximum atomic E-state index is 12.9. The van der Waals surface area contributed by atoms with Crippen molar-refractivity contribution in [2.45, 2.75) is 12.1 Å². The van der Waals surface area contributed by atoms with Crippen LogP contribution in [0.2, 0.25) is 0 Å². The monoisotopic (exact) mass is 394 g/mol. The third-order valence-corrected chi connectivity index (χ3v) is 5.26. The van der Waals surface area contributed by atoms with E-state index in [1.807, 2.05) is 0 Å². The molecule has 29 heavy (non-hydrogen) atoms. The van der Waals surface area contributed by atoms with Gasteiger partial charge in [0.25, 0.3) is 11.8 Å². The van der Waals surface area contributed by atoms with Crippen LogP contribution in [-0.4, -0.2) is 60.3 Å². The van der Waals surface area contributed by atoms with Gasteiger partial charge in [-0.1, -0.05) is 24.3 Å². The summed E-state index contributed by atoms with van der Waals surface area (Å²) >= 11 is 0. The van der Waals surface area contributed by atoms with Gasteiger partial charge in [0.1, 0.15) is 18.3 Å². The molecule has 0 spiro atoms. The number of rotatable bonds is 5. The molecule has 2 aliphatic rings. The number of carbonyl (C=O) groups is 4. The number of likely N-dealkylation sites (tertiary alicyclic amines) is 1. The van der Waals surface area contributed by atoms with Gasteiger partial charge in [-0.15, -0.1) is 0 Å². The molecule has 8 nitrogen and oxygen atoms in total. The Kier molecular flexibility index (Phi) is 4.54. The Morgan fingerprint density at radius 2 is 1.48 bits per heavy atom. The van der Waals surface area contributed by atoms with Crippen molar-refractivity contribution in [3.8, 4) is 5.75 Å². The summed E-state index contributed by atoms with van der Waals surface area (Å²) in [6.45, 7) is -0.272. The SMILES string of the molecule is COC(=O)CN1C(=O)[C@@H](N2C(=O)c3ccccc3C2=O)[C@H]1c1ccc(OC)cc1. The molecule has 0 bridgehead atoms. The number of imide groups is 1. The maximum absolute atomic E-state index is 12.9. The van der Waals surface area contributed by atoms with E-state index in [4.69, 9.17) is 4.74 Å². The van der Waals surface area contributed by atoms with Crippen LogP contribution in [0.5, 0.6) is 5.75 Å². The lowest BCUT2D eigenvalue weighted by Crippen LogP contribution is -2.67. The Morgan fingerprint density at radius 1 is 0.897 bits per heavy atom. The molecule has 0 N–H and O–H groups in total. The summed E-state index contributed by atoms with van der Waals surface area (Å²) < 4.78 is 9.84. The van der Waals surface area contributed by atoms with E-state index in [9.17, 15) is 19.2 Å². The number of ether oxygens (including phenoxy) is 2. The zero-order valence-corrected chi connectivity index (χ0v) is 15.8. The second-order valence-corrected chi connectivity index (χ2v) is 6.73. The zero-order valence-electron chi connectivity index (χ0n) is 15.8. The fourth-order valence-electron chi connectivity index (χ4n) is 3.79. The number of fused-ring (bicyclic) bond motifs is 1. The van der Waals surface area contributed by atoms with Crippen molar-refractivity contribution in [2.75, 3.05) is 20.8 Å². The molecule has 2 heterocycles. The van der Waals surface area contributed by atoms with Gasteiger partial charge >= 0.3 is 5.97 Å². The molecular weight excluding hydrogens is 376 g/mol. The Bertz CT molecular complexity index is 981. The average molecular weight is 394 g/mol. The van der Waals surface area contributed by atoms with Crippen LogP contribution in [0.25, 0.3) is 0 Å². The molecule has 2 aliphatic heterocycles. The predicted octanol–water partition coefficient (Wildman–Crippen LogP) is 1.42. The summed E-state index contributed by atoms with van der Waals surface area (Å²) in [6, 6.07) is 11.7. The van der Waals surface area contributed by atoms with E-state index in [2.05, 4.69) is 4.74 Å². The zero-order chi connectivity index (χ0) is 20.7. The number of amides is 3. The summed E-state index contributed by atoms with van der Waals surface area (Å²) in [6.07, 6.45) is 0. The molecule has 148 valence electrons. The van der Waals surface area contributed by atoms with Gasteiger partial charge in [0.15, 0.2) is 0 Å². The van der Waals surface area contributed by atoms with Crippen LogP contribution in [-0.2, 0) is 14.3 Å². The first-order valence-corrected chi connectivity index (χ1v) is 8.96. The minimum Gasteiger partial charge on any atom is -0.497 e. The molecule has 0 aromatic heterocycles. The summed E-state index contributed by atoms with van der Waals surface area (Å²) in [7, 11) is 2.77. The second-order valence-electron chi connectivity index (χ2n) is 6.73. The molecule has 3 amide bonds. The van der Waals surface area contributed by atoms with Crippen LogP contribution in [0.4, 0.5) is 0 Å². The van der Waals surface area contributed by atoms with Crippen LogP contribution in [0, 0.1) is 0 Å². The number of hydrogen-bond acceptors (Lipinski definition) is 6. The van der Waals surface area contributed by atoms with Crippen molar-refractivity contribution in [3.05, 3.63) is 65.2 Å². The van der Waals surface area contributed by atoms with E-state index in [1.165, 1.54) is 19.1 Å². The number of β-lactam (4-membered cyclic amide) rings is 1. The number of esters is 1. The molecule has 0 radical (unpaired) electrons. The van der Waals surface area contributed by atoms with Crippen LogP contribution < -0.4 is 4.74 Å². The van der Waals surface area contributed by atoms with E-state index >= 15 is 0 Å². The normalized spacial score (nSPS) is 20.4. The van der Waals surface area contributed by atoms with E-state index in [1.54, 1.807) is 48.5 Å². The summed E-state index contributed by atoms with van der Waals surface area (Å²) in [5.41, 5.74) is 1.21. The van der Waals surface area contributed by atoms with E-state index in [0.717, 1.165) is 4.90 Å². The molecule has 1 saturated heterocycles. The number of methoxy groups -OCH3 is 2. The van der Waals surface area contributed by atoms with E-state index in [-0.39, 0.29) is 17.7 Å².